The van der Waals surface area contributed by atoms with E-state index < -0.39 is 0 Å². The van der Waals surface area contributed by atoms with E-state index in [9.17, 15) is 4.79 Å². The van der Waals surface area contributed by atoms with Crippen molar-refractivity contribution >= 4 is 23.0 Å². The number of hydrazone groups is 1. The number of rotatable bonds is 8. The van der Waals surface area contributed by atoms with Gasteiger partial charge in [0.05, 0.1) is 18.5 Å². The molecule has 31 heavy (non-hydrogen) atoms. The number of amides is 1. The summed E-state index contributed by atoms with van der Waals surface area (Å²) in [4.78, 5) is 15.8. The Labute approximate surface area is 180 Å². The van der Waals surface area contributed by atoms with Crippen LogP contribution in [-0.4, -0.2) is 33.9 Å². The predicted molar refractivity (Wildman–Crippen MR) is 123 cm³/mol. The Morgan fingerprint density at radius 1 is 1.19 bits per heavy atom. The molecule has 0 bridgehead atoms. The zero-order chi connectivity index (χ0) is 21.6. The van der Waals surface area contributed by atoms with E-state index in [0.29, 0.717) is 18.0 Å². The molecule has 0 unspecified atom stereocenters. The van der Waals surface area contributed by atoms with Gasteiger partial charge in [0.15, 0.2) is 0 Å². The molecule has 0 saturated heterocycles. The van der Waals surface area contributed by atoms with Gasteiger partial charge in [-0.1, -0.05) is 43.7 Å². The van der Waals surface area contributed by atoms with E-state index in [4.69, 9.17) is 4.74 Å². The van der Waals surface area contributed by atoms with Crippen LogP contribution in [-0.2, 0) is 0 Å². The summed E-state index contributed by atoms with van der Waals surface area (Å²) < 4.78 is 5.87. The number of aryl methyl sites for hydroxylation is 1. The number of carbonyl (C=O) groups excluding carboxylic acids is 1. The Bertz CT molecular complexity index is 1220. The average molecular weight is 415 g/mol. The number of nitrogens with one attached hydrogen (secondary N) is 3. The van der Waals surface area contributed by atoms with Crippen molar-refractivity contribution in [2.75, 3.05) is 6.61 Å². The normalized spacial score (nSPS) is 11.3. The van der Waals surface area contributed by atoms with E-state index in [1.807, 2.05) is 55.5 Å². The molecule has 0 radical (unpaired) electrons. The Morgan fingerprint density at radius 3 is 2.87 bits per heavy atom. The van der Waals surface area contributed by atoms with E-state index >= 15 is 0 Å². The summed E-state index contributed by atoms with van der Waals surface area (Å²) in [6.07, 6.45) is 3.70. The Kier molecular flexibility index (Phi) is 6.12. The third-order valence-electron chi connectivity index (χ3n) is 5.04. The fourth-order valence-electron chi connectivity index (χ4n) is 3.39. The molecule has 0 aliphatic carbocycles. The minimum absolute atomic E-state index is 0.325. The Balaban J connectivity index is 1.47. The lowest BCUT2D eigenvalue weighted by Crippen LogP contribution is -2.18. The number of hydrogen-bond acceptors (Lipinski definition) is 4. The molecule has 0 fully saturated rings. The van der Waals surface area contributed by atoms with Crippen LogP contribution < -0.4 is 10.2 Å². The Morgan fingerprint density at radius 2 is 2.00 bits per heavy atom. The standard InChI is InChI=1S/C24H25N5O2/c1-3-4-13-31-23-12-8-6-10-18(23)21-14-22(28-27-21)24(30)29-25-15-19-16(2)26-20-11-7-5-9-17(19)20/h5-12,14-15,26H,3-4,13H2,1-2H3,(H,27,28)(H,29,30)/b25-15-. The topological polar surface area (TPSA) is 95.2 Å². The van der Waals surface area contributed by atoms with Crippen molar-refractivity contribution in [3.8, 4) is 17.0 Å². The summed E-state index contributed by atoms with van der Waals surface area (Å²) in [6, 6.07) is 17.4. The lowest BCUT2D eigenvalue weighted by Gasteiger charge is -2.09. The van der Waals surface area contributed by atoms with Crippen LogP contribution in [0.1, 0.15) is 41.5 Å². The van der Waals surface area contributed by atoms with Crippen LogP contribution in [0.15, 0.2) is 59.7 Å². The number of para-hydroxylation sites is 2. The van der Waals surface area contributed by atoms with Gasteiger partial charge in [-0.05, 0) is 37.6 Å². The van der Waals surface area contributed by atoms with Crippen molar-refractivity contribution in [3.63, 3.8) is 0 Å². The van der Waals surface area contributed by atoms with E-state index in [2.05, 4.69) is 32.6 Å². The highest BCUT2D eigenvalue weighted by atomic mass is 16.5. The number of nitrogens with zero attached hydrogens (tertiary/aromatic N) is 2. The summed E-state index contributed by atoms with van der Waals surface area (Å²) in [5.41, 5.74) is 7.34. The third-order valence-corrected chi connectivity index (χ3v) is 5.04. The molecular weight excluding hydrogens is 390 g/mol. The molecule has 0 saturated carbocycles. The number of ether oxygens (including phenoxy) is 1. The molecule has 158 valence electrons. The molecule has 3 N–H and O–H groups in total. The summed E-state index contributed by atoms with van der Waals surface area (Å²) in [6.45, 7) is 4.74. The van der Waals surface area contributed by atoms with Crippen molar-refractivity contribution in [2.24, 2.45) is 5.10 Å². The predicted octanol–water partition coefficient (Wildman–Crippen LogP) is 4.81. The minimum atomic E-state index is -0.364. The van der Waals surface area contributed by atoms with Crippen LogP contribution in [0, 0.1) is 6.92 Å². The smallest absolute Gasteiger partial charge is 0.289 e. The maximum Gasteiger partial charge on any atom is 0.289 e. The van der Waals surface area contributed by atoms with Gasteiger partial charge in [-0.3, -0.25) is 9.89 Å². The fraction of sp³-hybridized carbons (Fsp3) is 0.208. The molecule has 2 aromatic heterocycles. The molecule has 7 nitrogen and oxygen atoms in total. The van der Waals surface area contributed by atoms with Crippen molar-refractivity contribution in [1.82, 2.24) is 20.6 Å². The van der Waals surface area contributed by atoms with Gasteiger partial charge in [0.25, 0.3) is 5.91 Å². The monoisotopic (exact) mass is 415 g/mol. The number of benzene rings is 2. The van der Waals surface area contributed by atoms with E-state index in [-0.39, 0.29) is 5.91 Å². The number of aromatic amines is 2. The number of carbonyl (C=O) groups is 1. The first kappa shape index (κ1) is 20.4. The van der Waals surface area contributed by atoms with Crippen LogP contribution in [0.4, 0.5) is 0 Å². The fourth-order valence-corrected chi connectivity index (χ4v) is 3.39. The van der Waals surface area contributed by atoms with Gasteiger partial charge < -0.3 is 9.72 Å². The second-order valence-corrected chi connectivity index (χ2v) is 7.27. The molecular formula is C24H25N5O2. The molecule has 0 atom stereocenters. The summed E-state index contributed by atoms with van der Waals surface area (Å²) in [5.74, 6) is 0.388. The van der Waals surface area contributed by atoms with Crippen molar-refractivity contribution in [3.05, 3.63) is 71.5 Å². The van der Waals surface area contributed by atoms with Gasteiger partial charge in [-0.15, -0.1) is 0 Å². The zero-order valence-corrected chi connectivity index (χ0v) is 17.6. The molecule has 4 rings (SSSR count). The third kappa shape index (κ3) is 4.50. The van der Waals surface area contributed by atoms with Crippen molar-refractivity contribution < 1.29 is 9.53 Å². The number of hydrogen-bond donors (Lipinski definition) is 3. The van der Waals surface area contributed by atoms with Gasteiger partial charge in [0.2, 0.25) is 0 Å². The van der Waals surface area contributed by atoms with Crippen LogP contribution >= 0.6 is 0 Å². The molecule has 0 aliphatic heterocycles. The first-order valence-corrected chi connectivity index (χ1v) is 10.4. The van der Waals surface area contributed by atoms with Crippen LogP contribution in [0.5, 0.6) is 5.75 Å². The van der Waals surface area contributed by atoms with Gasteiger partial charge in [-0.2, -0.15) is 10.2 Å². The van der Waals surface area contributed by atoms with Gasteiger partial charge in [0, 0.05) is 27.7 Å². The average Bonchev–Trinajstić information content (AvgIpc) is 3.39. The van der Waals surface area contributed by atoms with Gasteiger partial charge in [0.1, 0.15) is 11.4 Å². The first-order valence-electron chi connectivity index (χ1n) is 10.4. The zero-order valence-electron chi connectivity index (χ0n) is 17.6. The van der Waals surface area contributed by atoms with Crippen molar-refractivity contribution in [1.29, 1.82) is 0 Å². The number of H-pyrrole nitrogens is 2. The highest BCUT2D eigenvalue weighted by Crippen LogP contribution is 2.29. The molecule has 4 aromatic rings. The SMILES string of the molecule is CCCCOc1ccccc1-c1cc(C(=O)N/N=C\c2c(C)[nH]c3ccccc23)[nH]n1. The van der Waals surface area contributed by atoms with Gasteiger partial charge in [-0.25, -0.2) is 5.43 Å². The van der Waals surface area contributed by atoms with Gasteiger partial charge >= 0.3 is 0 Å². The molecule has 0 spiro atoms. The van der Waals surface area contributed by atoms with E-state index in [1.54, 1.807) is 12.3 Å². The van der Waals surface area contributed by atoms with Crippen molar-refractivity contribution in [2.45, 2.75) is 26.7 Å². The Hall–Kier alpha value is -3.87. The number of aromatic nitrogens is 3. The molecule has 7 heteroatoms. The molecule has 2 aromatic carbocycles. The van der Waals surface area contributed by atoms with Crippen LogP contribution in [0.3, 0.4) is 0 Å². The largest absolute Gasteiger partial charge is 0.493 e. The quantitative estimate of drug-likeness (QED) is 0.219. The first-order chi connectivity index (χ1) is 15.2. The highest BCUT2D eigenvalue weighted by molar-refractivity contribution is 6.01. The molecule has 0 aliphatic rings. The lowest BCUT2D eigenvalue weighted by molar-refractivity contribution is 0.0950. The summed E-state index contributed by atoms with van der Waals surface area (Å²) in [7, 11) is 0. The van der Waals surface area contributed by atoms with E-state index in [1.165, 1.54) is 0 Å². The summed E-state index contributed by atoms with van der Waals surface area (Å²) in [5, 5.41) is 12.3. The van der Waals surface area contributed by atoms with Crippen LogP contribution in [0.2, 0.25) is 0 Å². The second kappa shape index (κ2) is 9.30. The lowest BCUT2D eigenvalue weighted by atomic mass is 10.1. The highest BCUT2D eigenvalue weighted by Gasteiger charge is 2.14. The van der Waals surface area contributed by atoms with E-state index in [0.717, 1.165) is 46.3 Å². The number of unbranched alkanes of at least 4 members (excludes halogenated alkanes) is 1. The molecule has 2 heterocycles. The summed E-state index contributed by atoms with van der Waals surface area (Å²) >= 11 is 0. The molecule has 1 amide bonds. The van der Waals surface area contributed by atoms with Crippen LogP contribution in [0.25, 0.3) is 22.2 Å². The second-order valence-electron chi connectivity index (χ2n) is 7.27. The number of fused-ring (bicyclic) bond motifs is 1. The minimum Gasteiger partial charge on any atom is -0.493 e. The maximum atomic E-state index is 12.5. The maximum absolute atomic E-state index is 12.5.